The van der Waals surface area contributed by atoms with Gasteiger partial charge in [0.15, 0.2) is 0 Å². The van der Waals surface area contributed by atoms with E-state index in [-0.39, 0.29) is 24.8 Å². The van der Waals surface area contributed by atoms with Crippen LogP contribution in [0.3, 0.4) is 0 Å². The van der Waals surface area contributed by atoms with E-state index in [1.165, 1.54) is 0 Å². The number of ether oxygens (including phenoxy) is 1. The number of para-hydroxylation sites is 2. The Morgan fingerprint density at radius 2 is 1.73 bits per heavy atom. The van der Waals surface area contributed by atoms with E-state index in [1.54, 1.807) is 9.80 Å². The molecule has 0 atom stereocenters. The smallest absolute Gasteiger partial charge is 0.410 e. The van der Waals surface area contributed by atoms with E-state index in [9.17, 15) is 9.59 Å². The highest BCUT2D eigenvalue weighted by molar-refractivity contribution is 6.04. The van der Waals surface area contributed by atoms with Gasteiger partial charge < -0.3 is 9.64 Å². The van der Waals surface area contributed by atoms with Crippen molar-refractivity contribution in [2.75, 3.05) is 18.0 Å². The minimum absolute atomic E-state index is 0.0630. The number of amides is 3. The van der Waals surface area contributed by atoms with Gasteiger partial charge in [0.2, 0.25) is 0 Å². The largest absolute Gasteiger partial charge is 0.445 e. The quantitative estimate of drug-likeness (QED) is 0.848. The number of likely N-dealkylation sites (tertiary alicyclic amines) is 1. The fourth-order valence-electron chi connectivity index (χ4n) is 3.49. The summed E-state index contributed by atoms with van der Waals surface area (Å²) in [5, 5.41) is 4.11. The summed E-state index contributed by atoms with van der Waals surface area (Å²) in [5.74, 6) is 0. The molecule has 0 N–H and O–H groups in total. The SMILES string of the molecule is O=C(OCc1ccccc1)N1CCC(N2C(=O)[N]c3ccccc32)CC1. The summed E-state index contributed by atoms with van der Waals surface area (Å²) in [6.07, 6.45) is 1.14. The van der Waals surface area contributed by atoms with Crippen LogP contribution in [0.1, 0.15) is 18.4 Å². The van der Waals surface area contributed by atoms with Crippen molar-refractivity contribution in [2.24, 2.45) is 0 Å². The van der Waals surface area contributed by atoms with Crippen LogP contribution >= 0.6 is 0 Å². The maximum atomic E-state index is 12.3. The van der Waals surface area contributed by atoms with Gasteiger partial charge in [-0.2, -0.15) is 5.32 Å². The van der Waals surface area contributed by atoms with Crippen LogP contribution in [0.15, 0.2) is 54.6 Å². The first-order valence-electron chi connectivity index (χ1n) is 8.82. The molecule has 0 aliphatic carbocycles. The molecule has 133 valence electrons. The van der Waals surface area contributed by atoms with Gasteiger partial charge in [0.1, 0.15) is 6.61 Å². The summed E-state index contributed by atoms with van der Waals surface area (Å²) in [6, 6.07) is 17.0. The van der Waals surface area contributed by atoms with Crippen LogP contribution in [0.4, 0.5) is 21.0 Å². The van der Waals surface area contributed by atoms with E-state index in [2.05, 4.69) is 5.32 Å². The fraction of sp³-hybridized carbons (Fsp3) is 0.300. The average Bonchev–Trinajstić information content (AvgIpc) is 3.03. The van der Waals surface area contributed by atoms with Gasteiger partial charge in [0.25, 0.3) is 0 Å². The van der Waals surface area contributed by atoms with Crippen molar-refractivity contribution >= 4 is 23.5 Å². The minimum Gasteiger partial charge on any atom is -0.445 e. The first-order chi connectivity index (χ1) is 12.7. The van der Waals surface area contributed by atoms with Crippen molar-refractivity contribution < 1.29 is 14.3 Å². The van der Waals surface area contributed by atoms with E-state index < -0.39 is 0 Å². The number of anilines is 1. The Kier molecular flexibility index (Phi) is 4.48. The predicted molar refractivity (Wildman–Crippen MR) is 97.3 cm³/mol. The number of urea groups is 1. The minimum atomic E-state index is -0.301. The second-order valence-electron chi connectivity index (χ2n) is 6.51. The van der Waals surface area contributed by atoms with Crippen molar-refractivity contribution in [2.45, 2.75) is 25.5 Å². The second-order valence-corrected chi connectivity index (χ2v) is 6.51. The Bertz CT molecular complexity index is 801. The summed E-state index contributed by atoms with van der Waals surface area (Å²) < 4.78 is 5.39. The molecule has 0 bridgehead atoms. The molecule has 1 saturated heterocycles. The monoisotopic (exact) mass is 350 g/mol. The van der Waals surface area contributed by atoms with Gasteiger partial charge in [0, 0.05) is 19.1 Å². The molecule has 4 rings (SSSR count). The van der Waals surface area contributed by atoms with Gasteiger partial charge >= 0.3 is 12.1 Å². The van der Waals surface area contributed by atoms with Crippen LogP contribution in [-0.2, 0) is 11.3 Å². The standard InChI is InChI=1S/C20H20N3O3/c24-19-21-17-8-4-5-9-18(17)23(19)16-10-12-22(13-11-16)20(25)26-14-15-6-2-1-3-7-15/h1-9,16H,10-14H2. The number of carbonyl (C=O) groups is 2. The molecule has 0 aromatic heterocycles. The van der Waals surface area contributed by atoms with Crippen LogP contribution in [-0.4, -0.2) is 36.2 Å². The zero-order valence-electron chi connectivity index (χ0n) is 14.4. The average molecular weight is 350 g/mol. The number of benzene rings is 2. The zero-order chi connectivity index (χ0) is 17.9. The predicted octanol–water partition coefficient (Wildman–Crippen LogP) is 3.66. The molecule has 0 saturated carbocycles. The van der Waals surface area contributed by atoms with E-state index in [0.29, 0.717) is 13.1 Å². The summed E-state index contributed by atoms with van der Waals surface area (Å²) >= 11 is 0. The number of hydrogen-bond acceptors (Lipinski definition) is 3. The van der Waals surface area contributed by atoms with Crippen molar-refractivity contribution in [3.63, 3.8) is 0 Å². The summed E-state index contributed by atoms with van der Waals surface area (Å²) in [6.45, 7) is 1.42. The van der Waals surface area contributed by atoms with E-state index in [1.807, 2.05) is 54.6 Å². The lowest BCUT2D eigenvalue weighted by molar-refractivity contribution is 0.0872. The van der Waals surface area contributed by atoms with Crippen LogP contribution in [0.5, 0.6) is 0 Å². The fourth-order valence-corrected chi connectivity index (χ4v) is 3.49. The molecule has 0 spiro atoms. The number of piperidine rings is 1. The highest BCUT2D eigenvalue weighted by atomic mass is 16.6. The number of hydrogen-bond donors (Lipinski definition) is 0. The number of nitrogens with zero attached hydrogens (tertiary/aromatic N) is 3. The van der Waals surface area contributed by atoms with Crippen molar-refractivity contribution in [3.8, 4) is 0 Å². The zero-order valence-corrected chi connectivity index (χ0v) is 14.4. The summed E-state index contributed by atoms with van der Waals surface area (Å²) in [7, 11) is 0. The first kappa shape index (κ1) is 16.4. The molecule has 2 aliphatic rings. The lowest BCUT2D eigenvalue weighted by atomic mass is 10.0. The molecule has 1 radical (unpaired) electrons. The molecule has 2 heterocycles. The Hall–Kier alpha value is -3.02. The van der Waals surface area contributed by atoms with Crippen LogP contribution < -0.4 is 10.2 Å². The van der Waals surface area contributed by atoms with Crippen LogP contribution in [0, 0.1) is 0 Å². The van der Waals surface area contributed by atoms with Crippen LogP contribution in [0.25, 0.3) is 0 Å². The molecule has 26 heavy (non-hydrogen) atoms. The third-order valence-electron chi connectivity index (χ3n) is 4.86. The molecule has 6 nitrogen and oxygen atoms in total. The number of fused-ring (bicyclic) bond motifs is 1. The molecule has 3 amide bonds. The second kappa shape index (κ2) is 7.07. The third kappa shape index (κ3) is 3.22. The van der Waals surface area contributed by atoms with Crippen molar-refractivity contribution in [1.82, 2.24) is 10.2 Å². The van der Waals surface area contributed by atoms with Crippen LogP contribution in [0.2, 0.25) is 0 Å². The van der Waals surface area contributed by atoms with Gasteiger partial charge in [-0.3, -0.25) is 4.90 Å². The summed E-state index contributed by atoms with van der Waals surface area (Å²) in [5.41, 5.74) is 2.56. The highest BCUT2D eigenvalue weighted by Gasteiger charge is 2.36. The van der Waals surface area contributed by atoms with E-state index in [4.69, 9.17) is 4.74 Å². The van der Waals surface area contributed by atoms with Gasteiger partial charge in [-0.05, 0) is 30.5 Å². The molecule has 2 aromatic rings. The molecule has 0 unspecified atom stereocenters. The lowest BCUT2D eigenvalue weighted by Gasteiger charge is -2.35. The maximum absolute atomic E-state index is 12.3. The first-order valence-corrected chi connectivity index (χ1v) is 8.82. The molecule has 2 aromatic carbocycles. The van der Waals surface area contributed by atoms with E-state index >= 15 is 0 Å². The Labute approximate surface area is 152 Å². The topological polar surface area (TPSA) is 64.0 Å². The maximum Gasteiger partial charge on any atom is 0.410 e. The highest BCUT2D eigenvalue weighted by Crippen LogP contribution is 2.36. The third-order valence-corrected chi connectivity index (χ3v) is 4.86. The van der Waals surface area contributed by atoms with E-state index in [0.717, 1.165) is 29.8 Å². The number of rotatable bonds is 3. The Balaban J connectivity index is 1.33. The molecular weight excluding hydrogens is 330 g/mol. The molecule has 2 aliphatic heterocycles. The van der Waals surface area contributed by atoms with Crippen molar-refractivity contribution in [3.05, 3.63) is 60.2 Å². The van der Waals surface area contributed by atoms with Gasteiger partial charge in [0.05, 0.1) is 11.4 Å². The lowest BCUT2D eigenvalue weighted by Crippen LogP contribution is -2.48. The van der Waals surface area contributed by atoms with Crippen molar-refractivity contribution in [1.29, 1.82) is 0 Å². The normalized spacial score (nSPS) is 17.0. The number of carbonyl (C=O) groups excluding carboxylic acids is 2. The van der Waals surface area contributed by atoms with Gasteiger partial charge in [-0.25, -0.2) is 9.59 Å². The molecule has 6 heteroatoms. The summed E-state index contributed by atoms with van der Waals surface area (Å²) in [4.78, 5) is 28.0. The molecular formula is C20H20N3O3. The Morgan fingerprint density at radius 1 is 1.04 bits per heavy atom. The van der Waals surface area contributed by atoms with Gasteiger partial charge in [-0.1, -0.05) is 42.5 Å². The van der Waals surface area contributed by atoms with Gasteiger partial charge in [-0.15, -0.1) is 0 Å². The molecule has 1 fully saturated rings. The Morgan fingerprint density at radius 3 is 2.50 bits per heavy atom.